The van der Waals surface area contributed by atoms with E-state index in [-0.39, 0.29) is 6.61 Å². The lowest BCUT2D eigenvalue weighted by molar-refractivity contribution is -0.384. The molecule has 0 aromatic heterocycles. The highest BCUT2D eigenvalue weighted by atomic mass is 19.4. The third kappa shape index (κ3) is 4.98. The van der Waals surface area contributed by atoms with Gasteiger partial charge in [-0.1, -0.05) is 13.8 Å². The van der Waals surface area contributed by atoms with Gasteiger partial charge >= 0.3 is 6.18 Å². The van der Waals surface area contributed by atoms with Crippen molar-refractivity contribution < 1.29 is 22.8 Å². The number of nitro benzene ring substituents is 1. The predicted molar refractivity (Wildman–Crippen MR) is 85.0 cm³/mol. The molecule has 0 spiro atoms. The molecule has 0 bridgehead atoms. The van der Waals surface area contributed by atoms with Crippen molar-refractivity contribution in [3.63, 3.8) is 0 Å². The number of hydrogen-bond donors (Lipinski definition) is 1. The Hall–Kier alpha value is -2.03. The zero-order valence-corrected chi connectivity index (χ0v) is 13.7. The fraction of sp³-hybridized carbons (Fsp3) is 0.600. The van der Waals surface area contributed by atoms with Crippen LogP contribution in [0.4, 0.5) is 24.5 Å². The molecule has 136 valence electrons. The summed E-state index contributed by atoms with van der Waals surface area (Å²) in [5.74, 6) is -0.477. The Balaban J connectivity index is 0.00000139. The maximum absolute atomic E-state index is 13.1. The van der Waals surface area contributed by atoms with Crippen LogP contribution in [-0.2, 0) is 6.18 Å². The standard InChI is InChI=1S/C13H16F3N3O3.C2H6/c14-13(15,16)11-10(4-3-9(12(11)17)19(20)21)22-8-7-18-5-1-2-6-18;1-2/h3-4H,1-2,5-8,17H2;1-2H3. The molecule has 1 fully saturated rings. The first-order chi connectivity index (χ1) is 11.3. The Bertz CT molecular complexity index is 559. The number of nitrogens with zero attached hydrogens (tertiary/aromatic N) is 2. The number of alkyl halides is 3. The number of nitrogens with two attached hydrogens (primary N) is 1. The van der Waals surface area contributed by atoms with Gasteiger partial charge in [-0.3, -0.25) is 15.0 Å². The van der Waals surface area contributed by atoms with E-state index in [1.54, 1.807) is 0 Å². The summed E-state index contributed by atoms with van der Waals surface area (Å²) >= 11 is 0. The summed E-state index contributed by atoms with van der Waals surface area (Å²) < 4.78 is 44.4. The second-order valence-electron chi connectivity index (χ2n) is 5.02. The van der Waals surface area contributed by atoms with Gasteiger partial charge in [0.2, 0.25) is 0 Å². The number of nitrogen functional groups attached to an aromatic ring is 1. The van der Waals surface area contributed by atoms with Crippen molar-refractivity contribution in [2.75, 3.05) is 32.0 Å². The number of nitro groups is 1. The van der Waals surface area contributed by atoms with Gasteiger partial charge in [0.1, 0.15) is 23.6 Å². The Labute approximate surface area is 138 Å². The molecule has 6 nitrogen and oxygen atoms in total. The molecule has 9 heteroatoms. The Morgan fingerprint density at radius 1 is 1.29 bits per heavy atom. The quantitative estimate of drug-likeness (QED) is 0.498. The van der Waals surface area contributed by atoms with Crippen molar-refractivity contribution in [1.82, 2.24) is 4.90 Å². The van der Waals surface area contributed by atoms with Crippen molar-refractivity contribution in [1.29, 1.82) is 0 Å². The summed E-state index contributed by atoms with van der Waals surface area (Å²) in [6, 6.07) is 1.87. The molecule has 0 unspecified atom stereocenters. The van der Waals surface area contributed by atoms with Gasteiger partial charge in [-0.05, 0) is 32.0 Å². The van der Waals surface area contributed by atoms with Gasteiger partial charge in [-0.15, -0.1) is 0 Å². The summed E-state index contributed by atoms with van der Waals surface area (Å²) in [7, 11) is 0. The van der Waals surface area contributed by atoms with Crippen LogP contribution in [0.15, 0.2) is 12.1 Å². The minimum atomic E-state index is -4.82. The summed E-state index contributed by atoms with van der Waals surface area (Å²) in [5, 5.41) is 10.7. The largest absolute Gasteiger partial charge is 0.492 e. The fourth-order valence-corrected chi connectivity index (χ4v) is 2.45. The van der Waals surface area contributed by atoms with Crippen LogP contribution < -0.4 is 10.5 Å². The third-order valence-electron chi connectivity index (χ3n) is 3.53. The first-order valence-electron chi connectivity index (χ1n) is 7.80. The van der Waals surface area contributed by atoms with Gasteiger partial charge in [0.15, 0.2) is 0 Å². The molecule has 1 heterocycles. The van der Waals surface area contributed by atoms with Crippen molar-refractivity contribution in [3.05, 3.63) is 27.8 Å². The van der Waals surface area contributed by atoms with E-state index in [1.165, 1.54) is 0 Å². The lowest BCUT2D eigenvalue weighted by Gasteiger charge is -2.18. The third-order valence-corrected chi connectivity index (χ3v) is 3.53. The van der Waals surface area contributed by atoms with Crippen molar-refractivity contribution in [2.45, 2.75) is 32.9 Å². The Kier molecular flexibility index (Phi) is 7.27. The summed E-state index contributed by atoms with van der Waals surface area (Å²) in [6.45, 7) is 6.38. The molecule has 0 atom stereocenters. The van der Waals surface area contributed by atoms with Crippen LogP contribution >= 0.6 is 0 Å². The monoisotopic (exact) mass is 349 g/mol. The zero-order chi connectivity index (χ0) is 18.3. The molecular weight excluding hydrogens is 327 g/mol. The average molecular weight is 349 g/mol. The molecule has 24 heavy (non-hydrogen) atoms. The number of anilines is 1. The van der Waals surface area contributed by atoms with Crippen LogP contribution in [0.1, 0.15) is 32.3 Å². The number of benzene rings is 1. The van der Waals surface area contributed by atoms with E-state index in [2.05, 4.69) is 4.90 Å². The van der Waals surface area contributed by atoms with Crippen molar-refractivity contribution in [3.8, 4) is 5.75 Å². The smallest absolute Gasteiger partial charge is 0.422 e. The molecule has 2 rings (SSSR count). The maximum Gasteiger partial charge on any atom is 0.422 e. The van der Waals surface area contributed by atoms with E-state index >= 15 is 0 Å². The van der Waals surface area contributed by atoms with Crippen LogP contribution in [0.25, 0.3) is 0 Å². The highest BCUT2D eigenvalue weighted by Crippen LogP contribution is 2.43. The fourth-order valence-electron chi connectivity index (χ4n) is 2.45. The van der Waals surface area contributed by atoms with Gasteiger partial charge in [0.25, 0.3) is 5.69 Å². The van der Waals surface area contributed by atoms with Crippen LogP contribution in [-0.4, -0.2) is 36.1 Å². The summed E-state index contributed by atoms with van der Waals surface area (Å²) in [6.07, 6.45) is -2.68. The molecular formula is C15H22F3N3O3. The minimum Gasteiger partial charge on any atom is -0.492 e. The van der Waals surface area contributed by atoms with Crippen LogP contribution in [0.3, 0.4) is 0 Å². The number of ether oxygens (including phenoxy) is 1. The Morgan fingerprint density at radius 2 is 1.88 bits per heavy atom. The van der Waals surface area contributed by atoms with Crippen LogP contribution in [0.5, 0.6) is 5.75 Å². The van der Waals surface area contributed by atoms with Crippen LogP contribution in [0.2, 0.25) is 0 Å². The van der Waals surface area contributed by atoms with Gasteiger partial charge < -0.3 is 10.5 Å². The molecule has 0 radical (unpaired) electrons. The molecule has 0 amide bonds. The second-order valence-corrected chi connectivity index (χ2v) is 5.02. The highest BCUT2D eigenvalue weighted by molar-refractivity contribution is 5.68. The topological polar surface area (TPSA) is 81.6 Å². The van der Waals surface area contributed by atoms with Crippen molar-refractivity contribution >= 4 is 11.4 Å². The maximum atomic E-state index is 13.1. The van der Waals surface area contributed by atoms with E-state index in [0.717, 1.165) is 38.1 Å². The average Bonchev–Trinajstić information content (AvgIpc) is 3.01. The first-order valence-corrected chi connectivity index (χ1v) is 7.80. The summed E-state index contributed by atoms with van der Waals surface area (Å²) in [5.41, 5.74) is 2.33. The Morgan fingerprint density at radius 3 is 2.38 bits per heavy atom. The SMILES string of the molecule is CC.Nc1c([N+](=O)[O-])ccc(OCCN2CCCC2)c1C(F)(F)F. The number of halogens is 3. The molecule has 2 N–H and O–H groups in total. The highest BCUT2D eigenvalue weighted by Gasteiger charge is 2.40. The van der Waals surface area contributed by atoms with Gasteiger partial charge in [0.05, 0.1) is 4.92 Å². The molecule has 1 aliphatic rings. The second kappa shape index (κ2) is 8.72. The zero-order valence-electron chi connectivity index (χ0n) is 13.7. The molecule has 1 aromatic carbocycles. The number of hydrogen-bond acceptors (Lipinski definition) is 5. The van der Waals surface area contributed by atoms with E-state index in [4.69, 9.17) is 10.5 Å². The van der Waals surface area contributed by atoms with E-state index < -0.39 is 33.8 Å². The van der Waals surface area contributed by atoms with Gasteiger partial charge in [-0.2, -0.15) is 13.2 Å². The van der Waals surface area contributed by atoms with Gasteiger partial charge in [0, 0.05) is 12.6 Å². The summed E-state index contributed by atoms with van der Waals surface area (Å²) in [4.78, 5) is 11.9. The van der Waals surface area contributed by atoms with Crippen molar-refractivity contribution in [2.24, 2.45) is 0 Å². The first kappa shape index (κ1) is 20.0. The molecule has 0 saturated carbocycles. The molecule has 1 aliphatic heterocycles. The minimum absolute atomic E-state index is 0.0698. The normalized spacial score (nSPS) is 14.9. The number of rotatable bonds is 5. The predicted octanol–water partition coefficient (Wildman–Crippen LogP) is 3.70. The molecule has 0 aliphatic carbocycles. The van der Waals surface area contributed by atoms with E-state index in [1.807, 2.05) is 13.8 Å². The molecule has 1 aromatic rings. The van der Waals surface area contributed by atoms with E-state index in [9.17, 15) is 23.3 Å². The molecule has 1 saturated heterocycles. The number of likely N-dealkylation sites (tertiary alicyclic amines) is 1. The van der Waals surface area contributed by atoms with Gasteiger partial charge in [-0.25, -0.2) is 0 Å². The lowest BCUT2D eigenvalue weighted by Crippen LogP contribution is -2.25. The van der Waals surface area contributed by atoms with Crippen LogP contribution in [0, 0.1) is 10.1 Å². The lowest BCUT2D eigenvalue weighted by atomic mass is 10.1. The van der Waals surface area contributed by atoms with E-state index in [0.29, 0.717) is 6.54 Å².